The highest BCUT2D eigenvalue weighted by Gasteiger charge is 2.07. The largest absolute Gasteiger partial charge is 0.465 e. The van der Waals surface area contributed by atoms with Crippen molar-refractivity contribution >= 4 is 16.9 Å². The summed E-state index contributed by atoms with van der Waals surface area (Å²) in [4.78, 5) is 14.9. The molecule has 0 aliphatic rings. The minimum Gasteiger partial charge on any atom is -0.465 e. The number of H-pyrrole nitrogens is 1. The lowest BCUT2D eigenvalue weighted by Gasteiger charge is -1.98. The summed E-state index contributed by atoms with van der Waals surface area (Å²) in [5.41, 5.74) is 2.94. The van der Waals surface area contributed by atoms with Crippen LogP contribution in [0.25, 0.3) is 10.9 Å². The average Bonchev–Trinajstić information content (AvgIpc) is 2.87. The van der Waals surface area contributed by atoms with Gasteiger partial charge in [0.05, 0.1) is 12.7 Å². The van der Waals surface area contributed by atoms with Gasteiger partial charge in [-0.1, -0.05) is 32.6 Å². The van der Waals surface area contributed by atoms with Crippen molar-refractivity contribution in [2.24, 2.45) is 0 Å². The zero-order chi connectivity index (χ0) is 14.4. The monoisotopic (exact) mass is 273 g/mol. The quantitative estimate of drug-likeness (QED) is 0.597. The molecule has 0 fully saturated rings. The van der Waals surface area contributed by atoms with Crippen LogP contribution < -0.4 is 0 Å². The number of esters is 1. The Morgan fingerprint density at radius 2 is 1.95 bits per heavy atom. The van der Waals surface area contributed by atoms with Crippen LogP contribution in [0.3, 0.4) is 0 Å². The van der Waals surface area contributed by atoms with Gasteiger partial charge in [-0.25, -0.2) is 4.79 Å². The molecule has 2 rings (SSSR count). The maximum absolute atomic E-state index is 11.5. The fourth-order valence-electron chi connectivity index (χ4n) is 2.49. The van der Waals surface area contributed by atoms with Crippen molar-refractivity contribution < 1.29 is 9.53 Å². The zero-order valence-electron chi connectivity index (χ0n) is 12.4. The molecule has 108 valence electrons. The molecule has 1 N–H and O–H groups in total. The number of aromatic nitrogens is 1. The maximum atomic E-state index is 11.5. The molecule has 0 aliphatic heterocycles. The van der Waals surface area contributed by atoms with Gasteiger partial charge in [-0.2, -0.15) is 0 Å². The molecule has 1 aromatic carbocycles. The summed E-state index contributed by atoms with van der Waals surface area (Å²) in [7, 11) is 1.41. The van der Waals surface area contributed by atoms with Crippen molar-refractivity contribution in [3.05, 3.63) is 35.5 Å². The number of aromatic amines is 1. The Balaban J connectivity index is 2.00. The van der Waals surface area contributed by atoms with Crippen molar-refractivity contribution in [2.75, 3.05) is 7.11 Å². The number of methoxy groups -OCH3 is 1. The molecule has 0 unspecified atom stereocenters. The molecule has 2 aromatic rings. The van der Waals surface area contributed by atoms with Gasteiger partial charge in [0.1, 0.15) is 0 Å². The van der Waals surface area contributed by atoms with E-state index in [1.807, 2.05) is 12.1 Å². The van der Waals surface area contributed by atoms with E-state index in [9.17, 15) is 4.79 Å². The molecule has 1 aromatic heterocycles. The second-order valence-corrected chi connectivity index (χ2v) is 5.25. The number of carbonyl (C=O) groups excluding carboxylic acids is 1. The molecule has 0 saturated carbocycles. The van der Waals surface area contributed by atoms with Crippen LogP contribution in [-0.4, -0.2) is 18.1 Å². The minimum atomic E-state index is -0.283. The van der Waals surface area contributed by atoms with Crippen LogP contribution in [0.2, 0.25) is 0 Å². The van der Waals surface area contributed by atoms with E-state index >= 15 is 0 Å². The lowest BCUT2D eigenvalue weighted by molar-refractivity contribution is 0.0601. The number of benzene rings is 1. The van der Waals surface area contributed by atoms with Gasteiger partial charge in [-0.3, -0.25) is 0 Å². The minimum absolute atomic E-state index is 0.283. The van der Waals surface area contributed by atoms with Gasteiger partial charge in [-0.05, 0) is 37.1 Å². The summed E-state index contributed by atoms with van der Waals surface area (Å²) in [6, 6.07) is 7.78. The SMILES string of the molecule is CCCCCCCc1cc2cc(C(=O)OC)ccc2[nH]1. The van der Waals surface area contributed by atoms with Gasteiger partial charge in [0.2, 0.25) is 0 Å². The lowest BCUT2D eigenvalue weighted by atomic mass is 10.1. The summed E-state index contributed by atoms with van der Waals surface area (Å²) < 4.78 is 4.75. The van der Waals surface area contributed by atoms with E-state index in [0.717, 1.165) is 17.3 Å². The lowest BCUT2D eigenvalue weighted by Crippen LogP contribution is -2.00. The Morgan fingerprint density at radius 1 is 1.15 bits per heavy atom. The number of ether oxygens (including phenoxy) is 1. The van der Waals surface area contributed by atoms with Crippen LogP contribution in [0.15, 0.2) is 24.3 Å². The highest BCUT2D eigenvalue weighted by molar-refractivity contribution is 5.94. The summed E-state index contributed by atoms with van der Waals surface area (Å²) in [6.45, 7) is 2.23. The molecule has 0 radical (unpaired) electrons. The van der Waals surface area contributed by atoms with E-state index in [1.165, 1.54) is 44.9 Å². The molecule has 0 atom stereocenters. The third-order valence-electron chi connectivity index (χ3n) is 3.65. The molecule has 20 heavy (non-hydrogen) atoms. The Labute approximate surface area is 120 Å². The molecular weight excluding hydrogens is 250 g/mol. The highest BCUT2D eigenvalue weighted by Crippen LogP contribution is 2.19. The van der Waals surface area contributed by atoms with Gasteiger partial charge in [0, 0.05) is 16.6 Å². The normalized spacial score (nSPS) is 10.9. The molecule has 0 bridgehead atoms. The van der Waals surface area contributed by atoms with E-state index < -0.39 is 0 Å². The van der Waals surface area contributed by atoms with Crippen molar-refractivity contribution in [2.45, 2.75) is 45.4 Å². The Bertz CT molecular complexity index is 571. The topological polar surface area (TPSA) is 42.1 Å². The van der Waals surface area contributed by atoms with Crippen molar-refractivity contribution in [1.29, 1.82) is 0 Å². The third-order valence-corrected chi connectivity index (χ3v) is 3.65. The van der Waals surface area contributed by atoms with Gasteiger partial charge >= 0.3 is 5.97 Å². The first-order valence-electron chi connectivity index (χ1n) is 7.44. The van der Waals surface area contributed by atoms with Crippen LogP contribution in [0.1, 0.15) is 55.1 Å². The molecule has 0 amide bonds. The predicted molar refractivity (Wildman–Crippen MR) is 82.1 cm³/mol. The predicted octanol–water partition coefficient (Wildman–Crippen LogP) is 4.47. The fourth-order valence-corrected chi connectivity index (χ4v) is 2.49. The molecule has 0 saturated heterocycles. The first-order chi connectivity index (χ1) is 9.74. The summed E-state index contributed by atoms with van der Waals surface area (Å²) in [6.07, 6.45) is 7.51. The average molecular weight is 273 g/mol. The second kappa shape index (κ2) is 7.13. The van der Waals surface area contributed by atoms with Crippen molar-refractivity contribution in [1.82, 2.24) is 4.98 Å². The number of carbonyl (C=O) groups is 1. The van der Waals surface area contributed by atoms with Gasteiger partial charge in [0.15, 0.2) is 0 Å². The molecular formula is C17H23NO2. The van der Waals surface area contributed by atoms with Crippen LogP contribution >= 0.6 is 0 Å². The molecule has 3 nitrogen and oxygen atoms in total. The molecule has 1 heterocycles. The van der Waals surface area contributed by atoms with E-state index in [-0.39, 0.29) is 5.97 Å². The highest BCUT2D eigenvalue weighted by atomic mass is 16.5. The zero-order valence-corrected chi connectivity index (χ0v) is 12.4. The number of rotatable bonds is 7. The van der Waals surface area contributed by atoms with E-state index in [0.29, 0.717) is 5.56 Å². The number of unbranched alkanes of at least 4 members (excludes halogenated alkanes) is 4. The first kappa shape index (κ1) is 14.6. The summed E-state index contributed by atoms with van der Waals surface area (Å²) in [5, 5.41) is 1.08. The fraction of sp³-hybridized carbons (Fsp3) is 0.471. The first-order valence-corrected chi connectivity index (χ1v) is 7.44. The van der Waals surface area contributed by atoms with Crippen molar-refractivity contribution in [3.8, 4) is 0 Å². The van der Waals surface area contributed by atoms with Gasteiger partial charge in [-0.15, -0.1) is 0 Å². The Hall–Kier alpha value is -1.77. The smallest absolute Gasteiger partial charge is 0.337 e. The standard InChI is InChI=1S/C17H23NO2/c1-3-4-5-6-7-8-15-12-14-11-13(17(19)20-2)9-10-16(14)18-15/h9-12,18H,3-8H2,1-2H3. The van der Waals surface area contributed by atoms with Crippen LogP contribution in [0, 0.1) is 0 Å². The number of hydrogen-bond donors (Lipinski definition) is 1. The maximum Gasteiger partial charge on any atom is 0.337 e. The van der Waals surface area contributed by atoms with E-state index in [1.54, 1.807) is 6.07 Å². The van der Waals surface area contributed by atoms with E-state index in [4.69, 9.17) is 4.74 Å². The Morgan fingerprint density at radius 3 is 2.70 bits per heavy atom. The number of aryl methyl sites for hydroxylation is 1. The number of nitrogens with one attached hydrogen (secondary N) is 1. The van der Waals surface area contributed by atoms with Crippen LogP contribution in [0.5, 0.6) is 0 Å². The number of fused-ring (bicyclic) bond motifs is 1. The van der Waals surface area contributed by atoms with Gasteiger partial charge < -0.3 is 9.72 Å². The van der Waals surface area contributed by atoms with Gasteiger partial charge in [0.25, 0.3) is 0 Å². The molecule has 3 heteroatoms. The molecule has 0 aliphatic carbocycles. The van der Waals surface area contributed by atoms with Crippen LogP contribution in [0.4, 0.5) is 0 Å². The van der Waals surface area contributed by atoms with Crippen molar-refractivity contribution in [3.63, 3.8) is 0 Å². The molecule has 0 spiro atoms. The second-order valence-electron chi connectivity index (χ2n) is 5.25. The summed E-state index contributed by atoms with van der Waals surface area (Å²) in [5.74, 6) is -0.283. The Kier molecular flexibility index (Phi) is 5.22. The summed E-state index contributed by atoms with van der Waals surface area (Å²) >= 11 is 0. The van der Waals surface area contributed by atoms with E-state index in [2.05, 4.69) is 18.0 Å². The van der Waals surface area contributed by atoms with Crippen LogP contribution in [-0.2, 0) is 11.2 Å². The number of hydrogen-bond acceptors (Lipinski definition) is 2. The third kappa shape index (κ3) is 3.62.